The van der Waals surface area contributed by atoms with Crippen molar-refractivity contribution in [3.8, 4) is 11.5 Å². The minimum atomic E-state index is 0.944. The monoisotopic (exact) mass is 458 g/mol. The summed E-state index contributed by atoms with van der Waals surface area (Å²) in [5, 5.41) is 4.34. The van der Waals surface area contributed by atoms with Crippen molar-refractivity contribution in [2.45, 2.75) is 0 Å². The van der Waals surface area contributed by atoms with Gasteiger partial charge in [0.1, 0.15) is 11.5 Å². The molecule has 0 spiro atoms. The zero-order valence-corrected chi connectivity index (χ0v) is 18.5. The standard InChI is InChI=1S/C20H10OS6/c1-3-7-13-11(5-1)15(12-6-2-4-8-14(12)21-13)16-24-19-20(25-16)27-18(26-19)17-22-9-10-23-17/h1-10H. The first kappa shape index (κ1) is 17.2. The van der Waals surface area contributed by atoms with Crippen LogP contribution >= 0.6 is 70.6 Å². The number of hydrogen-bond donors (Lipinski definition) is 0. The molecule has 2 aromatic rings. The summed E-state index contributed by atoms with van der Waals surface area (Å²) in [7, 11) is 0. The molecule has 0 atom stereocenters. The van der Waals surface area contributed by atoms with E-state index >= 15 is 0 Å². The molecule has 0 unspecified atom stereocenters. The van der Waals surface area contributed by atoms with Gasteiger partial charge in [0, 0.05) is 16.7 Å². The van der Waals surface area contributed by atoms with Crippen LogP contribution in [0.1, 0.15) is 11.1 Å². The largest absolute Gasteiger partial charge is 0.456 e. The normalized spacial score (nSPS) is 20.1. The second-order valence-corrected chi connectivity index (χ2v) is 13.0. The Kier molecular flexibility index (Phi) is 4.44. The van der Waals surface area contributed by atoms with Gasteiger partial charge < -0.3 is 4.74 Å². The van der Waals surface area contributed by atoms with Crippen LogP contribution in [-0.4, -0.2) is 0 Å². The lowest BCUT2D eigenvalue weighted by molar-refractivity contribution is 0.474. The average Bonchev–Trinajstić information content (AvgIpc) is 3.41. The number of benzene rings is 2. The second-order valence-electron chi connectivity index (χ2n) is 5.82. The molecule has 0 bridgehead atoms. The van der Waals surface area contributed by atoms with E-state index in [-0.39, 0.29) is 0 Å². The SMILES string of the molecule is C1=CSC(=C2SC3=C(S2)SC(=C2c4ccccc4Oc4ccccc42)S3)S1. The van der Waals surface area contributed by atoms with Gasteiger partial charge in [-0.25, -0.2) is 0 Å². The molecule has 4 aliphatic rings. The van der Waals surface area contributed by atoms with Gasteiger partial charge in [0.2, 0.25) is 0 Å². The molecule has 2 aromatic carbocycles. The Bertz CT molecular complexity index is 1030. The van der Waals surface area contributed by atoms with Crippen LogP contribution in [0.15, 0.2) is 80.5 Å². The van der Waals surface area contributed by atoms with E-state index in [0.717, 1.165) is 11.5 Å². The van der Waals surface area contributed by atoms with Crippen molar-refractivity contribution < 1.29 is 4.74 Å². The second kappa shape index (κ2) is 6.97. The fourth-order valence-corrected chi connectivity index (χ4v) is 11.7. The van der Waals surface area contributed by atoms with Gasteiger partial charge in [-0.15, -0.1) is 0 Å². The third-order valence-corrected chi connectivity index (χ3v) is 12.5. The van der Waals surface area contributed by atoms with E-state index < -0.39 is 0 Å². The van der Waals surface area contributed by atoms with Crippen LogP contribution in [0.3, 0.4) is 0 Å². The van der Waals surface area contributed by atoms with Crippen molar-refractivity contribution in [3.63, 3.8) is 0 Å². The van der Waals surface area contributed by atoms with Crippen LogP contribution in [0, 0.1) is 0 Å². The highest BCUT2D eigenvalue weighted by atomic mass is 32.3. The van der Waals surface area contributed by atoms with E-state index in [9.17, 15) is 0 Å². The van der Waals surface area contributed by atoms with E-state index in [1.165, 1.54) is 37.9 Å². The van der Waals surface area contributed by atoms with Crippen molar-refractivity contribution in [2.24, 2.45) is 0 Å². The number of rotatable bonds is 0. The van der Waals surface area contributed by atoms with Gasteiger partial charge in [-0.05, 0) is 22.9 Å². The molecular weight excluding hydrogens is 449 g/mol. The highest BCUT2D eigenvalue weighted by molar-refractivity contribution is 8.49. The molecule has 0 aromatic heterocycles. The Balaban J connectivity index is 1.41. The number of ether oxygens (including phenoxy) is 1. The van der Waals surface area contributed by atoms with Crippen molar-refractivity contribution in [1.82, 2.24) is 0 Å². The van der Waals surface area contributed by atoms with Crippen LogP contribution < -0.4 is 4.74 Å². The van der Waals surface area contributed by atoms with E-state index in [2.05, 4.69) is 47.2 Å². The highest BCUT2D eigenvalue weighted by Crippen LogP contribution is 2.70. The lowest BCUT2D eigenvalue weighted by atomic mass is 9.95. The molecule has 0 saturated heterocycles. The quantitative estimate of drug-likeness (QED) is 0.329. The molecule has 0 radical (unpaired) electrons. The maximum atomic E-state index is 6.15. The maximum Gasteiger partial charge on any atom is 0.135 e. The van der Waals surface area contributed by atoms with Gasteiger partial charge in [-0.1, -0.05) is 107 Å². The molecule has 0 saturated carbocycles. The number of para-hydroxylation sites is 2. The van der Waals surface area contributed by atoms with Crippen molar-refractivity contribution in [1.29, 1.82) is 0 Å². The van der Waals surface area contributed by atoms with E-state index in [1.54, 1.807) is 0 Å². The first-order valence-corrected chi connectivity index (χ1v) is 13.2. The summed E-state index contributed by atoms with van der Waals surface area (Å²) in [6.07, 6.45) is 0. The number of fused-ring (bicyclic) bond motifs is 2. The summed E-state index contributed by atoms with van der Waals surface area (Å²) in [6.45, 7) is 0. The predicted molar refractivity (Wildman–Crippen MR) is 128 cm³/mol. The summed E-state index contributed by atoms with van der Waals surface area (Å²) in [5.74, 6) is 1.89. The highest BCUT2D eigenvalue weighted by Gasteiger charge is 2.35. The molecule has 7 heteroatoms. The average molecular weight is 459 g/mol. The zero-order valence-electron chi connectivity index (χ0n) is 13.6. The molecular formula is C20H10OS6. The molecule has 4 aliphatic heterocycles. The molecule has 0 amide bonds. The number of hydrogen-bond acceptors (Lipinski definition) is 7. The minimum absolute atomic E-state index is 0.944. The fraction of sp³-hybridized carbons (Fsp3) is 0. The van der Waals surface area contributed by atoms with Crippen LogP contribution in [0.5, 0.6) is 11.5 Å². The summed E-state index contributed by atoms with van der Waals surface area (Å²) in [5.41, 5.74) is 3.68. The van der Waals surface area contributed by atoms with Crippen LogP contribution in [-0.2, 0) is 0 Å². The lowest BCUT2D eigenvalue weighted by Crippen LogP contribution is -2.02. The van der Waals surface area contributed by atoms with Gasteiger partial charge in [-0.3, -0.25) is 0 Å². The van der Waals surface area contributed by atoms with Crippen molar-refractivity contribution >= 4 is 76.1 Å². The Morgan fingerprint density at radius 2 is 1.00 bits per heavy atom. The van der Waals surface area contributed by atoms with Gasteiger partial charge >= 0.3 is 0 Å². The van der Waals surface area contributed by atoms with Gasteiger partial charge in [0.05, 0.1) is 21.2 Å². The summed E-state index contributed by atoms with van der Waals surface area (Å²) in [6, 6.07) is 16.7. The summed E-state index contributed by atoms with van der Waals surface area (Å²) < 4.78 is 13.2. The van der Waals surface area contributed by atoms with Crippen LogP contribution in [0.25, 0.3) is 5.57 Å². The molecule has 1 nitrogen and oxygen atoms in total. The zero-order chi connectivity index (χ0) is 17.8. The van der Waals surface area contributed by atoms with Gasteiger partial charge in [0.15, 0.2) is 0 Å². The van der Waals surface area contributed by atoms with Crippen LogP contribution in [0.4, 0.5) is 0 Å². The Morgan fingerprint density at radius 3 is 1.59 bits per heavy atom. The van der Waals surface area contributed by atoms with Crippen molar-refractivity contribution in [3.05, 3.63) is 91.7 Å². The molecule has 6 rings (SSSR count). The first-order chi connectivity index (χ1) is 13.4. The third kappa shape index (κ3) is 2.94. The van der Waals surface area contributed by atoms with Crippen LogP contribution in [0.2, 0.25) is 0 Å². The molecule has 4 heterocycles. The molecule has 0 fully saturated rings. The maximum absolute atomic E-state index is 6.15. The number of thioether (sulfide) groups is 6. The lowest BCUT2D eigenvalue weighted by Gasteiger charge is -2.24. The Labute approximate surface area is 182 Å². The predicted octanol–water partition coefficient (Wildman–Crippen LogP) is 8.67. The fourth-order valence-electron chi connectivity index (χ4n) is 3.08. The molecule has 0 aliphatic carbocycles. The Hall–Kier alpha value is -0.700. The van der Waals surface area contributed by atoms with Gasteiger partial charge in [0.25, 0.3) is 0 Å². The van der Waals surface area contributed by atoms with Crippen molar-refractivity contribution in [2.75, 3.05) is 0 Å². The van der Waals surface area contributed by atoms with E-state index in [1.807, 2.05) is 82.7 Å². The summed E-state index contributed by atoms with van der Waals surface area (Å²) >= 11 is 11.3. The third-order valence-electron chi connectivity index (χ3n) is 4.22. The molecule has 0 N–H and O–H groups in total. The summed E-state index contributed by atoms with van der Waals surface area (Å²) in [4.78, 5) is 0. The first-order valence-electron chi connectivity index (χ1n) is 8.16. The molecule has 132 valence electrons. The topological polar surface area (TPSA) is 9.23 Å². The van der Waals surface area contributed by atoms with E-state index in [0.29, 0.717) is 0 Å². The van der Waals surface area contributed by atoms with E-state index in [4.69, 9.17) is 4.74 Å². The molecule has 27 heavy (non-hydrogen) atoms. The van der Waals surface area contributed by atoms with Gasteiger partial charge in [-0.2, -0.15) is 0 Å². The smallest absolute Gasteiger partial charge is 0.135 e. The minimum Gasteiger partial charge on any atom is -0.456 e. The Morgan fingerprint density at radius 1 is 0.519 bits per heavy atom.